The molecule has 0 fully saturated rings. The van der Waals surface area contributed by atoms with E-state index in [9.17, 15) is 4.79 Å². The van der Waals surface area contributed by atoms with Crippen molar-refractivity contribution in [3.05, 3.63) is 35.4 Å². The Kier molecular flexibility index (Phi) is 5.35. The van der Waals surface area contributed by atoms with E-state index in [2.05, 4.69) is 18.5 Å². The molecule has 0 aliphatic carbocycles. The quantitative estimate of drug-likeness (QED) is 0.799. The Hall–Kier alpha value is -1.00. The first-order valence-corrected chi connectivity index (χ1v) is 6.58. The number of carboxylic acid groups (broad SMARTS) is 1. The molecule has 0 saturated heterocycles. The summed E-state index contributed by atoms with van der Waals surface area (Å²) in [6.07, 6.45) is 2.06. The average Bonchev–Trinajstić information content (AvgIpc) is 2.27. The number of thioether (sulfide) groups is 1. The fraction of sp³-hybridized carbons (Fsp3) is 0.417. The van der Waals surface area contributed by atoms with E-state index >= 15 is 0 Å². The molecule has 1 aromatic rings. The van der Waals surface area contributed by atoms with Crippen LogP contribution < -0.4 is 5.32 Å². The molecule has 88 valence electrons. The van der Waals surface area contributed by atoms with Crippen molar-refractivity contribution in [1.82, 2.24) is 5.32 Å². The predicted molar refractivity (Wildman–Crippen MR) is 68.1 cm³/mol. The summed E-state index contributed by atoms with van der Waals surface area (Å²) in [5, 5.41) is 12.3. The maximum atomic E-state index is 11.0. The normalized spacial score (nSPS) is 12.4. The fourth-order valence-corrected chi connectivity index (χ4v) is 2.09. The summed E-state index contributed by atoms with van der Waals surface area (Å²) in [5.41, 5.74) is 1.22. The van der Waals surface area contributed by atoms with Gasteiger partial charge in [0.25, 0.3) is 0 Å². The third-order valence-corrected chi connectivity index (χ3v) is 3.14. The molecule has 0 aliphatic heterocycles. The zero-order valence-electron chi connectivity index (χ0n) is 9.56. The lowest BCUT2D eigenvalue weighted by Gasteiger charge is -2.13. The second-order valence-electron chi connectivity index (χ2n) is 3.70. The van der Waals surface area contributed by atoms with E-state index in [1.165, 1.54) is 0 Å². The number of carbonyl (C=O) groups is 1. The molecule has 0 radical (unpaired) electrons. The molecule has 0 amide bonds. The summed E-state index contributed by atoms with van der Waals surface area (Å²) >= 11 is 1.78. The van der Waals surface area contributed by atoms with Gasteiger partial charge in [-0.15, -0.1) is 0 Å². The van der Waals surface area contributed by atoms with Crippen LogP contribution >= 0.6 is 11.8 Å². The largest absolute Gasteiger partial charge is 0.478 e. The van der Waals surface area contributed by atoms with E-state index in [-0.39, 0.29) is 0 Å². The smallest absolute Gasteiger partial charge is 0.336 e. The van der Waals surface area contributed by atoms with Crippen molar-refractivity contribution in [2.24, 2.45) is 0 Å². The zero-order chi connectivity index (χ0) is 12.0. The second kappa shape index (κ2) is 6.55. The molecular formula is C12H17NO2S. The minimum Gasteiger partial charge on any atom is -0.478 e. The van der Waals surface area contributed by atoms with Crippen LogP contribution in [0.3, 0.4) is 0 Å². The van der Waals surface area contributed by atoms with Crippen molar-refractivity contribution in [2.45, 2.75) is 19.5 Å². The lowest BCUT2D eigenvalue weighted by Crippen LogP contribution is -2.28. The number of hydrogen-bond acceptors (Lipinski definition) is 3. The summed E-state index contributed by atoms with van der Waals surface area (Å²) in [6, 6.07) is 7.48. The highest BCUT2D eigenvalue weighted by Gasteiger charge is 2.09. The molecule has 0 bridgehead atoms. The van der Waals surface area contributed by atoms with Gasteiger partial charge in [0.1, 0.15) is 0 Å². The Bertz CT molecular complexity index is 355. The molecule has 0 aliphatic rings. The van der Waals surface area contributed by atoms with Gasteiger partial charge in [-0.3, -0.25) is 0 Å². The molecule has 0 spiro atoms. The van der Waals surface area contributed by atoms with Crippen molar-refractivity contribution in [3.63, 3.8) is 0 Å². The first-order chi connectivity index (χ1) is 7.65. The standard InChI is InChI=1S/C12H17NO2S/c1-9(8-16-2)13-7-10-5-3-4-6-11(10)12(14)15/h3-6,9,13H,7-8H2,1-2H3,(H,14,15). The van der Waals surface area contributed by atoms with Gasteiger partial charge in [-0.2, -0.15) is 11.8 Å². The van der Waals surface area contributed by atoms with Crippen LogP contribution in [0.15, 0.2) is 24.3 Å². The molecule has 0 aromatic heterocycles. The second-order valence-corrected chi connectivity index (χ2v) is 4.61. The fourth-order valence-electron chi connectivity index (χ4n) is 1.48. The molecule has 2 N–H and O–H groups in total. The van der Waals surface area contributed by atoms with Crippen LogP contribution in [-0.4, -0.2) is 29.1 Å². The molecule has 16 heavy (non-hydrogen) atoms. The van der Waals surface area contributed by atoms with Crippen molar-refractivity contribution in [2.75, 3.05) is 12.0 Å². The Labute approximate surface area is 100 Å². The van der Waals surface area contributed by atoms with Gasteiger partial charge in [-0.1, -0.05) is 18.2 Å². The lowest BCUT2D eigenvalue weighted by atomic mass is 10.1. The van der Waals surface area contributed by atoms with Gasteiger partial charge >= 0.3 is 5.97 Å². The van der Waals surface area contributed by atoms with Gasteiger partial charge in [0.15, 0.2) is 0 Å². The molecule has 0 heterocycles. The third-order valence-electron chi connectivity index (χ3n) is 2.31. The molecule has 1 atom stereocenters. The number of aromatic carboxylic acids is 1. The Morgan fingerprint density at radius 1 is 1.50 bits per heavy atom. The van der Waals surface area contributed by atoms with Gasteiger partial charge in [0, 0.05) is 18.3 Å². The summed E-state index contributed by atoms with van der Waals surface area (Å²) in [6.45, 7) is 2.70. The van der Waals surface area contributed by atoms with Crippen molar-refractivity contribution in [1.29, 1.82) is 0 Å². The molecule has 3 nitrogen and oxygen atoms in total. The van der Waals surface area contributed by atoms with Crippen molar-refractivity contribution >= 4 is 17.7 Å². The van der Waals surface area contributed by atoms with Gasteiger partial charge < -0.3 is 10.4 Å². The lowest BCUT2D eigenvalue weighted by molar-refractivity contribution is 0.0695. The molecule has 4 heteroatoms. The van der Waals surface area contributed by atoms with Crippen LogP contribution in [0.25, 0.3) is 0 Å². The number of hydrogen-bond donors (Lipinski definition) is 2. The highest BCUT2D eigenvalue weighted by atomic mass is 32.2. The third kappa shape index (κ3) is 3.87. The molecule has 1 unspecified atom stereocenters. The monoisotopic (exact) mass is 239 g/mol. The van der Waals surface area contributed by atoms with Gasteiger partial charge in [-0.05, 0) is 24.8 Å². The first-order valence-electron chi connectivity index (χ1n) is 5.18. The van der Waals surface area contributed by atoms with Gasteiger partial charge in [-0.25, -0.2) is 4.79 Å². The van der Waals surface area contributed by atoms with Crippen LogP contribution in [-0.2, 0) is 6.54 Å². The summed E-state index contributed by atoms with van der Waals surface area (Å²) < 4.78 is 0. The highest BCUT2D eigenvalue weighted by Crippen LogP contribution is 2.09. The summed E-state index contributed by atoms with van der Waals surface area (Å²) in [4.78, 5) is 11.0. The number of benzene rings is 1. The maximum absolute atomic E-state index is 11.0. The van der Waals surface area contributed by atoms with E-state index in [0.29, 0.717) is 18.2 Å². The zero-order valence-corrected chi connectivity index (χ0v) is 10.4. The van der Waals surface area contributed by atoms with E-state index < -0.39 is 5.97 Å². The van der Waals surface area contributed by atoms with Gasteiger partial charge in [0.05, 0.1) is 5.56 Å². The van der Waals surface area contributed by atoms with Crippen LogP contribution in [0.4, 0.5) is 0 Å². The minimum absolute atomic E-state index is 0.381. The molecule has 0 saturated carbocycles. The number of carboxylic acids is 1. The van der Waals surface area contributed by atoms with Crippen LogP contribution in [0.5, 0.6) is 0 Å². The SMILES string of the molecule is CSCC(C)NCc1ccccc1C(=O)O. The van der Waals surface area contributed by atoms with Crippen LogP contribution in [0.1, 0.15) is 22.8 Å². The Morgan fingerprint density at radius 3 is 2.81 bits per heavy atom. The molecule has 1 rings (SSSR count). The van der Waals surface area contributed by atoms with E-state index in [1.807, 2.05) is 12.1 Å². The van der Waals surface area contributed by atoms with E-state index in [1.54, 1.807) is 23.9 Å². The number of rotatable bonds is 6. The van der Waals surface area contributed by atoms with Crippen molar-refractivity contribution in [3.8, 4) is 0 Å². The maximum Gasteiger partial charge on any atom is 0.336 e. The highest BCUT2D eigenvalue weighted by molar-refractivity contribution is 7.98. The summed E-state index contributed by atoms with van der Waals surface area (Å²) in [7, 11) is 0. The van der Waals surface area contributed by atoms with Crippen molar-refractivity contribution < 1.29 is 9.90 Å². The first kappa shape index (κ1) is 13.1. The Balaban J connectivity index is 2.63. The van der Waals surface area contributed by atoms with Crippen LogP contribution in [0, 0.1) is 0 Å². The van der Waals surface area contributed by atoms with Gasteiger partial charge in [0.2, 0.25) is 0 Å². The summed E-state index contributed by atoms with van der Waals surface area (Å²) in [5.74, 6) is 0.157. The minimum atomic E-state index is -0.866. The van der Waals surface area contributed by atoms with E-state index in [4.69, 9.17) is 5.11 Å². The topological polar surface area (TPSA) is 49.3 Å². The predicted octanol–water partition coefficient (Wildman–Crippen LogP) is 2.23. The Morgan fingerprint density at radius 2 is 2.19 bits per heavy atom. The van der Waals surface area contributed by atoms with E-state index in [0.717, 1.165) is 11.3 Å². The number of nitrogens with one attached hydrogen (secondary N) is 1. The van der Waals surface area contributed by atoms with Crippen LogP contribution in [0.2, 0.25) is 0 Å². The molecular weight excluding hydrogens is 222 g/mol. The average molecular weight is 239 g/mol. The molecule has 1 aromatic carbocycles.